The van der Waals surface area contributed by atoms with Crippen molar-refractivity contribution >= 4 is 17.5 Å². The zero-order chi connectivity index (χ0) is 13.5. The number of amides is 2. The number of rotatable bonds is 5. The summed E-state index contributed by atoms with van der Waals surface area (Å²) in [6.07, 6.45) is 2.14. The number of hydrogen-bond acceptors (Lipinski definition) is 2. The summed E-state index contributed by atoms with van der Waals surface area (Å²) in [7, 11) is 0. The van der Waals surface area contributed by atoms with Crippen LogP contribution in [0.5, 0.6) is 0 Å². The van der Waals surface area contributed by atoms with Gasteiger partial charge in [-0.2, -0.15) is 0 Å². The van der Waals surface area contributed by atoms with Gasteiger partial charge in [0, 0.05) is 12.6 Å². The maximum Gasteiger partial charge on any atom is 0.246 e. The van der Waals surface area contributed by atoms with Gasteiger partial charge in [0.1, 0.15) is 6.04 Å². The summed E-state index contributed by atoms with van der Waals surface area (Å²) in [5.41, 5.74) is 2.00. The molecule has 18 heavy (non-hydrogen) atoms. The summed E-state index contributed by atoms with van der Waals surface area (Å²) in [5, 5.41) is 5.31. The highest BCUT2D eigenvalue weighted by Gasteiger charge is 2.13. The lowest BCUT2D eigenvalue weighted by atomic mass is 10.1. The highest BCUT2D eigenvalue weighted by Crippen LogP contribution is 2.11. The average Bonchev–Trinajstić information content (AvgIpc) is 2.31. The summed E-state index contributed by atoms with van der Waals surface area (Å²) >= 11 is 0. The molecule has 0 saturated carbocycles. The van der Waals surface area contributed by atoms with Crippen LogP contribution in [0.2, 0.25) is 0 Å². The van der Waals surface area contributed by atoms with Gasteiger partial charge in [0.15, 0.2) is 0 Å². The van der Waals surface area contributed by atoms with E-state index in [1.54, 1.807) is 6.92 Å². The van der Waals surface area contributed by atoms with Crippen LogP contribution in [0.3, 0.4) is 0 Å². The molecule has 0 aliphatic rings. The number of benzene rings is 1. The molecule has 0 aliphatic heterocycles. The normalized spacial score (nSPS) is 11.7. The van der Waals surface area contributed by atoms with E-state index < -0.39 is 6.04 Å². The molecule has 0 fully saturated rings. The number of anilines is 1. The van der Waals surface area contributed by atoms with Gasteiger partial charge in [-0.25, -0.2) is 0 Å². The van der Waals surface area contributed by atoms with Crippen molar-refractivity contribution in [1.29, 1.82) is 0 Å². The Morgan fingerprint density at radius 3 is 2.33 bits per heavy atom. The average molecular weight is 248 g/mol. The van der Waals surface area contributed by atoms with E-state index in [0.29, 0.717) is 0 Å². The maximum atomic E-state index is 11.7. The van der Waals surface area contributed by atoms with Crippen LogP contribution in [0.25, 0.3) is 0 Å². The van der Waals surface area contributed by atoms with Crippen LogP contribution in [0.1, 0.15) is 32.8 Å². The van der Waals surface area contributed by atoms with Crippen LogP contribution in [0.4, 0.5) is 5.69 Å². The van der Waals surface area contributed by atoms with Crippen LogP contribution in [-0.2, 0) is 16.0 Å². The monoisotopic (exact) mass is 248 g/mol. The topological polar surface area (TPSA) is 58.2 Å². The summed E-state index contributed by atoms with van der Waals surface area (Å²) < 4.78 is 0. The first-order valence-corrected chi connectivity index (χ1v) is 6.19. The first-order chi connectivity index (χ1) is 8.52. The van der Waals surface area contributed by atoms with Gasteiger partial charge >= 0.3 is 0 Å². The van der Waals surface area contributed by atoms with E-state index in [2.05, 4.69) is 17.6 Å². The molecular formula is C14H20N2O2. The number of carbonyl (C=O) groups excluding carboxylic acids is 2. The van der Waals surface area contributed by atoms with Gasteiger partial charge in [-0.1, -0.05) is 25.5 Å². The smallest absolute Gasteiger partial charge is 0.246 e. The van der Waals surface area contributed by atoms with E-state index in [9.17, 15) is 9.59 Å². The molecule has 0 bridgehead atoms. The minimum absolute atomic E-state index is 0.212. The lowest BCUT2D eigenvalue weighted by molar-refractivity contribution is -0.124. The Kier molecular flexibility index (Phi) is 5.36. The highest BCUT2D eigenvalue weighted by molar-refractivity contribution is 5.96. The zero-order valence-corrected chi connectivity index (χ0v) is 11.1. The molecule has 1 atom stereocenters. The molecule has 0 heterocycles. The van der Waals surface area contributed by atoms with Crippen LogP contribution < -0.4 is 10.6 Å². The molecule has 4 heteroatoms. The Bertz CT molecular complexity index is 412. The number of nitrogens with one attached hydrogen (secondary N) is 2. The highest BCUT2D eigenvalue weighted by atomic mass is 16.2. The van der Waals surface area contributed by atoms with Gasteiger partial charge in [-0.15, -0.1) is 0 Å². The SMILES string of the molecule is CCCc1ccc(NC(=O)C(C)NC(C)=O)cc1. The molecular weight excluding hydrogens is 228 g/mol. The van der Waals surface area contributed by atoms with Crippen molar-refractivity contribution in [3.63, 3.8) is 0 Å². The predicted molar refractivity (Wildman–Crippen MR) is 72.3 cm³/mol. The van der Waals surface area contributed by atoms with Crippen LogP contribution in [0, 0.1) is 0 Å². The van der Waals surface area contributed by atoms with E-state index in [1.807, 2.05) is 24.3 Å². The Morgan fingerprint density at radius 2 is 1.83 bits per heavy atom. The molecule has 1 unspecified atom stereocenters. The van der Waals surface area contributed by atoms with Gasteiger partial charge in [-0.3, -0.25) is 9.59 Å². The van der Waals surface area contributed by atoms with Crippen molar-refractivity contribution in [3.8, 4) is 0 Å². The standard InChI is InChI=1S/C14H20N2O2/c1-4-5-12-6-8-13(9-7-12)16-14(18)10(2)15-11(3)17/h6-10H,4-5H2,1-3H3,(H,15,17)(H,16,18). The molecule has 1 aromatic rings. The second kappa shape index (κ2) is 6.79. The molecule has 1 aromatic carbocycles. The predicted octanol–water partition coefficient (Wildman–Crippen LogP) is 2.10. The number of aryl methyl sites for hydroxylation is 1. The molecule has 0 aliphatic carbocycles. The molecule has 4 nitrogen and oxygen atoms in total. The van der Waals surface area contributed by atoms with E-state index in [-0.39, 0.29) is 11.8 Å². The van der Waals surface area contributed by atoms with Crippen molar-refractivity contribution in [2.24, 2.45) is 0 Å². The van der Waals surface area contributed by atoms with E-state index in [4.69, 9.17) is 0 Å². The van der Waals surface area contributed by atoms with Crippen molar-refractivity contribution < 1.29 is 9.59 Å². The van der Waals surface area contributed by atoms with Gasteiger partial charge < -0.3 is 10.6 Å². The van der Waals surface area contributed by atoms with E-state index in [1.165, 1.54) is 12.5 Å². The number of hydrogen-bond donors (Lipinski definition) is 2. The second-order valence-corrected chi connectivity index (χ2v) is 4.36. The fourth-order valence-corrected chi connectivity index (χ4v) is 1.66. The summed E-state index contributed by atoms with van der Waals surface area (Å²) in [6, 6.07) is 7.23. The lowest BCUT2D eigenvalue weighted by Gasteiger charge is -2.13. The fraction of sp³-hybridized carbons (Fsp3) is 0.429. The molecule has 2 N–H and O–H groups in total. The molecule has 0 spiro atoms. The molecule has 2 amide bonds. The summed E-state index contributed by atoms with van der Waals surface area (Å²) in [5.74, 6) is -0.426. The van der Waals surface area contributed by atoms with Gasteiger partial charge in [0.05, 0.1) is 0 Å². The third kappa shape index (κ3) is 4.57. The molecule has 1 rings (SSSR count). The first-order valence-electron chi connectivity index (χ1n) is 6.19. The van der Waals surface area contributed by atoms with Crippen molar-refractivity contribution in [2.75, 3.05) is 5.32 Å². The third-order valence-corrected chi connectivity index (χ3v) is 2.57. The van der Waals surface area contributed by atoms with E-state index in [0.717, 1.165) is 18.5 Å². The van der Waals surface area contributed by atoms with Crippen LogP contribution in [-0.4, -0.2) is 17.9 Å². The van der Waals surface area contributed by atoms with Gasteiger partial charge in [-0.05, 0) is 31.0 Å². The second-order valence-electron chi connectivity index (χ2n) is 4.36. The minimum atomic E-state index is -0.530. The Labute approximate surface area is 108 Å². The fourth-order valence-electron chi connectivity index (χ4n) is 1.66. The third-order valence-electron chi connectivity index (χ3n) is 2.57. The van der Waals surface area contributed by atoms with Crippen molar-refractivity contribution in [1.82, 2.24) is 5.32 Å². The quantitative estimate of drug-likeness (QED) is 0.838. The molecule has 0 aromatic heterocycles. The first kappa shape index (κ1) is 14.2. The van der Waals surface area contributed by atoms with Crippen molar-refractivity contribution in [2.45, 2.75) is 39.7 Å². The largest absolute Gasteiger partial charge is 0.345 e. The van der Waals surface area contributed by atoms with Crippen LogP contribution in [0.15, 0.2) is 24.3 Å². The minimum Gasteiger partial charge on any atom is -0.345 e. The van der Waals surface area contributed by atoms with Crippen LogP contribution >= 0.6 is 0 Å². The molecule has 0 saturated heterocycles. The van der Waals surface area contributed by atoms with Crippen molar-refractivity contribution in [3.05, 3.63) is 29.8 Å². The van der Waals surface area contributed by atoms with Gasteiger partial charge in [0.25, 0.3) is 0 Å². The molecule has 98 valence electrons. The van der Waals surface area contributed by atoms with Gasteiger partial charge in [0.2, 0.25) is 11.8 Å². The van der Waals surface area contributed by atoms with E-state index >= 15 is 0 Å². The maximum absolute atomic E-state index is 11.7. The Balaban J connectivity index is 2.56. The Hall–Kier alpha value is -1.84. The molecule has 0 radical (unpaired) electrons. The lowest BCUT2D eigenvalue weighted by Crippen LogP contribution is -2.40. The Morgan fingerprint density at radius 1 is 1.22 bits per heavy atom. The summed E-state index contributed by atoms with van der Waals surface area (Å²) in [6.45, 7) is 5.18. The summed E-state index contributed by atoms with van der Waals surface area (Å²) in [4.78, 5) is 22.6. The zero-order valence-electron chi connectivity index (χ0n) is 11.1. The number of carbonyl (C=O) groups is 2.